The largest absolute Gasteiger partial charge is 0.472 e. The second-order valence-corrected chi connectivity index (χ2v) is 8.62. The second-order valence-electron chi connectivity index (χ2n) is 8.62. The van der Waals surface area contributed by atoms with Gasteiger partial charge in [0.05, 0.1) is 31.0 Å². The third-order valence-electron chi connectivity index (χ3n) is 6.30. The predicted molar refractivity (Wildman–Crippen MR) is 131 cm³/mol. The van der Waals surface area contributed by atoms with Crippen molar-refractivity contribution < 1.29 is 4.42 Å². The maximum absolute atomic E-state index is 5.25. The van der Waals surface area contributed by atoms with Crippen LogP contribution in [0.25, 0.3) is 16.7 Å². The standard InChI is InChI=1S/C26H29N5O/c1-19(2)30-8-10-31(11-9-30)24-5-6-26(29-17-24)28-16-23-15-27-14-21-4-3-20(13-25(21)23)22-7-12-32-18-22/h3-7,12-14,16-19H,8-11,15H2,1-2H3,(H,28,29)/b23-16+. The Hall–Kier alpha value is -3.38. The topological polar surface area (TPSA) is 56.9 Å². The average Bonchev–Trinajstić information content (AvgIpc) is 3.38. The minimum absolute atomic E-state index is 0.611. The lowest BCUT2D eigenvalue weighted by Gasteiger charge is -2.38. The zero-order valence-electron chi connectivity index (χ0n) is 18.7. The third-order valence-corrected chi connectivity index (χ3v) is 6.30. The van der Waals surface area contributed by atoms with E-state index in [4.69, 9.17) is 4.42 Å². The number of nitrogens with one attached hydrogen (secondary N) is 1. The fourth-order valence-corrected chi connectivity index (χ4v) is 4.32. The van der Waals surface area contributed by atoms with Crippen LogP contribution in [0.2, 0.25) is 0 Å². The van der Waals surface area contributed by atoms with Gasteiger partial charge in [0.1, 0.15) is 5.82 Å². The molecule has 0 aliphatic carbocycles. The molecule has 1 N–H and O–H groups in total. The van der Waals surface area contributed by atoms with Crippen molar-refractivity contribution in [2.75, 3.05) is 42.9 Å². The van der Waals surface area contributed by atoms with Crippen molar-refractivity contribution in [3.8, 4) is 11.1 Å². The van der Waals surface area contributed by atoms with Crippen LogP contribution in [-0.2, 0) is 0 Å². The number of nitrogens with zero attached hydrogens (tertiary/aromatic N) is 4. The van der Waals surface area contributed by atoms with E-state index in [1.165, 1.54) is 11.3 Å². The van der Waals surface area contributed by atoms with Gasteiger partial charge < -0.3 is 14.6 Å². The first-order valence-electron chi connectivity index (χ1n) is 11.2. The van der Waals surface area contributed by atoms with Crippen molar-refractivity contribution in [3.63, 3.8) is 0 Å². The van der Waals surface area contributed by atoms with E-state index in [1.54, 1.807) is 12.5 Å². The minimum Gasteiger partial charge on any atom is -0.472 e. The molecule has 1 saturated heterocycles. The van der Waals surface area contributed by atoms with Crippen LogP contribution in [0.5, 0.6) is 0 Å². The summed E-state index contributed by atoms with van der Waals surface area (Å²) >= 11 is 0. The molecule has 6 nitrogen and oxygen atoms in total. The first-order valence-corrected chi connectivity index (χ1v) is 11.2. The summed E-state index contributed by atoms with van der Waals surface area (Å²) in [7, 11) is 0. The van der Waals surface area contributed by atoms with E-state index >= 15 is 0 Å². The van der Waals surface area contributed by atoms with E-state index in [0.29, 0.717) is 12.6 Å². The van der Waals surface area contributed by atoms with Gasteiger partial charge in [0.2, 0.25) is 0 Å². The zero-order valence-corrected chi connectivity index (χ0v) is 18.7. The van der Waals surface area contributed by atoms with Gasteiger partial charge >= 0.3 is 0 Å². The van der Waals surface area contributed by atoms with Crippen molar-refractivity contribution in [2.45, 2.75) is 19.9 Å². The first-order chi connectivity index (χ1) is 15.7. The molecule has 0 amide bonds. The minimum atomic E-state index is 0.611. The van der Waals surface area contributed by atoms with Gasteiger partial charge in [-0.25, -0.2) is 4.98 Å². The summed E-state index contributed by atoms with van der Waals surface area (Å²) in [5.74, 6) is 0.837. The molecule has 0 atom stereocenters. The summed E-state index contributed by atoms with van der Waals surface area (Å²) in [5, 5.41) is 3.37. The quantitative estimate of drug-likeness (QED) is 0.636. The number of rotatable bonds is 5. The average molecular weight is 428 g/mol. The van der Waals surface area contributed by atoms with Crippen LogP contribution in [0.15, 0.2) is 70.7 Å². The maximum Gasteiger partial charge on any atom is 0.129 e. The fourth-order valence-electron chi connectivity index (χ4n) is 4.32. The van der Waals surface area contributed by atoms with Gasteiger partial charge in [-0.05, 0) is 60.4 Å². The zero-order chi connectivity index (χ0) is 21.9. The molecule has 32 heavy (non-hydrogen) atoms. The van der Waals surface area contributed by atoms with Crippen molar-refractivity contribution in [2.24, 2.45) is 4.99 Å². The maximum atomic E-state index is 5.25. The molecule has 5 rings (SSSR count). The number of hydrogen-bond donors (Lipinski definition) is 1. The van der Waals surface area contributed by atoms with Crippen molar-refractivity contribution >= 4 is 23.3 Å². The number of anilines is 2. The highest BCUT2D eigenvalue weighted by atomic mass is 16.3. The lowest BCUT2D eigenvalue weighted by Crippen LogP contribution is -2.48. The Morgan fingerprint density at radius 1 is 1.03 bits per heavy atom. The van der Waals surface area contributed by atoms with Gasteiger partial charge in [0.25, 0.3) is 0 Å². The molecule has 4 heterocycles. The lowest BCUT2D eigenvalue weighted by atomic mass is 9.94. The van der Waals surface area contributed by atoms with Crippen LogP contribution in [0.3, 0.4) is 0 Å². The normalized spacial score (nSPS) is 17.7. The molecule has 0 radical (unpaired) electrons. The highest BCUT2D eigenvalue weighted by Crippen LogP contribution is 2.29. The number of piperazine rings is 1. The molecule has 0 bridgehead atoms. The van der Waals surface area contributed by atoms with E-state index in [2.05, 4.69) is 69.3 Å². The van der Waals surface area contributed by atoms with E-state index in [-0.39, 0.29) is 0 Å². The van der Waals surface area contributed by atoms with Crippen LogP contribution >= 0.6 is 0 Å². The van der Waals surface area contributed by atoms with Crippen molar-refractivity contribution in [1.82, 2.24) is 9.88 Å². The monoisotopic (exact) mass is 427 g/mol. The van der Waals surface area contributed by atoms with Gasteiger partial charge in [-0.1, -0.05) is 12.1 Å². The smallest absolute Gasteiger partial charge is 0.129 e. The Morgan fingerprint density at radius 2 is 1.91 bits per heavy atom. The Labute approximate surface area is 189 Å². The number of pyridine rings is 1. The number of aromatic nitrogens is 1. The third kappa shape index (κ3) is 4.32. The molecule has 1 aromatic carbocycles. The molecule has 0 saturated carbocycles. The number of benzene rings is 1. The molecule has 164 valence electrons. The fraction of sp³-hybridized carbons (Fsp3) is 0.308. The molecular formula is C26H29N5O. The highest BCUT2D eigenvalue weighted by molar-refractivity contribution is 5.94. The lowest BCUT2D eigenvalue weighted by molar-refractivity contribution is 0.209. The summed E-state index contributed by atoms with van der Waals surface area (Å²) < 4.78 is 5.25. The number of fused-ring (bicyclic) bond motifs is 1. The Morgan fingerprint density at radius 3 is 2.62 bits per heavy atom. The van der Waals surface area contributed by atoms with Crippen molar-refractivity contribution in [1.29, 1.82) is 0 Å². The van der Waals surface area contributed by atoms with E-state index in [1.807, 2.05) is 24.7 Å². The van der Waals surface area contributed by atoms with Crippen LogP contribution < -0.4 is 10.2 Å². The first kappa shape index (κ1) is 20.5. The predicted octanol–water partition coefficient (Wildman–Crippen LogP) is 4.76. The van der Waals surface area contributed by atoms with Gasteiger partial charge in [0.15, 0.2) is 0 Å². The molecule has 1 fully saturated rings. The molecule has 2 aliphatic rings. The van der Waals surface area contributed by atoms with Crippen LogP contribution in [0, 0.1) is 0 Å². The Kier molecular flexibility index (Phi) is 5.77. The van der Waals surface area contributed by atoms with Crippen molar-refractivity contribution in [3.05, 3.63) is 72.4 Å². The molecule has 3 aromatic rings. The highest BCUT2D eigenvalue weighted by Gasteiger charge is 2.19. The molecule has 0 unspecified atom stereocenters. The number of furan rings is 1. The second kappa shape index (κ2) is 9.01. The van der Waals surface area contributed by atoms with Crippen LogP contribution in [0.1, 0.15) is 25.0 Å². The molecule has 6 heteroatoms. The summed E-state index contributed by atoms with van der Waals surface area (Å²) in [6.45, 7) is 9.47. The SMILES string of the molecule is CC(C)N1CCN(c2ccc(N/C=C3\CN=Cc4ccc(-c5ccoc5)cc43)nc2)CC1. The van der Waals surface area contributed by atoms with Gasteiger partial charge in [-0.3, -0.25) is 9.89 Å². The van der Waals surface area contributed by atoms with Gasteiger partial charge in [-0.2, -0.15) is 0 Å². The molecule has 0 spiro atoms. The van der Waals surface area contributed by atoms with Gasteiger partial charge in [-0.15, -0.1) is 0 Å². The Balaban J connectivity index is 1.28. The van der Waals surface area contributed by atoms with E-state index in [9.17, 15) is 0 Å². The van der Waals surface area contributed by atoms with Gasteiger partial charge in [0, 0.05) is 50.2 Å². The summed E-state index contributed by atoms with van der Waals surface area (Å²) in [6.07, 6.45) is 9.41. The van der Waals surface area contributed by atoms with E-state index in [0.717, 1.165) is 54.3 Å². The number of hydrogen-bond acceptors (Lipinski definition) is 6. The van der Waals surface area contributed by atoms with E-state index < -0.39 is 0 Å². The molecule has 2 aliphatic heterocycles. The van der Waals surface area contributed by atoms with Crippen LogP contribution in [0.4, 0.5) is 11.5 Å². The Bertz CT molecular complexity index is 1110. The van der Waals surface area contributed by atoms with Crippen LogP contribution in [-0.4, -0.2) is 54.9 Å². The number of aliphatic imine (C=N–C) groups is 1. The summed E-state index contributed by atoms with van der Waals surface area (Å²) in [4.78, 5) is 14.1. The summed E-state index contributed by atoms with van der Waals surface area (Å²) in [6, 6.07) is 13.2. The molecular weight excluding hydrogens is 398 g/mol. The molecule has 2 aromatic heterocycles. The summed E-state index contributed by atoms with van der Waals surface area (Å²) in [5.41, 5.74) is 6.85.